The molecule has 7 nitrogen and oxygen atoms in total. The first-order chi connectivity index (χ1) is 12.8. The number of aromatic nitrogens is 3. The molecule has 136 valence electrons. The van der Waals surface area contributed by atoms with Gasteiger partial charge < -0.3 is 9.80 Å². The largest absolute Gasteiger partial charge is 0.354 e. The van der Waals surface area contributed by atoms with Gasteiger partial charge >= 0.3 is 0 Å². The van der Waals surface area contributed by atoms with Crippen LogP contribution in [0.2, 0.25) is 0 Å². The molecule has 2 aromatic rings. The van der Waals surface area contributed by atoms with Crippen LogP contribution in [0.3, 0.4) is 0 Å². The van der Waals surface area contributed by atoms with E-state index >= 15 is 0 Å². The number of hydrogen-bond donors (Lipinski definition) is 0. The van der Waals surface area contributed by atoms with Crippen LogP contribution in [0.5, 0.6) is 0 Å². The fourth-order valence-electron chi connectivity index (χ4n) is 4.50. The average molecular weight is 370 g/mol. The average Bonchev–Trinajstić information content (AvgIpc) is 3.28. The number of nitrogens with zero attached hydrogens (tertiary/aromatic N) is 6. The van der Waals surface area contributed by atoms with E-state index in [1.807, 2.05) is 24.4 Å². The number of amides is 1. The Morgan fingerprint density at radius 2 is 2.08 bits per heavy atom. The van der Waals surface area contributed by atoms with E-state index in [2.05, 4.69) is 29.3 Å². The van der Waals surface area contributed by atoms with Gasteiger partial charge in [-0.05, 0) is 36.5 Å². The highest BCUT2D eigenvalue weighted by Gasteiger charge is 2.44. The van der Waals surface area contributed by atoms with E-state index in [9.17, 15) is 4.79 Å². The predicted molar refractivity (Wildman–Crippen MR) is 99.1 cm³/mol. The zero-order chi connectivity index (χ0) is 17.5. The van der Waals surface area contributed by atoms with E-state index in [4.69, 9.17) is 0 Å². The van der Waals surface area contributed by atoms with Crippen molar-refractivity contribution in [2.45, 2.75) is 31.3 Å². The van der Waals surface area contributed by atoms with Crippen LogP contribution in [0.15, 0.2) is 24.4 Å². The van der Waals surface area contributed by atoms with Crippen molar-refractivity contribution in [1.82, 2.24) is 24.4 Å². The van der Waals surface area contributed by atoms with Crippen LogP contribution in [0.25, 0.3) is 0 Å². The van der Waals surface area contributed by atoms with Gasteiger partial charge in [0.2, 0.25) is 5.91 Å². The number of anilines is 1. The maximum atomic E-state index is 13.0. The number of fused-ring (bicyclic) bond motifs is 4. The lowest BCUT2D eigenvalue weighted by molar-refractivity contribution is -0.136. The Hall–Kier alpha value is -2.06. The maximum Gasteiger partial charge on any atom is 0.237 e. The molecule has 5 heterocycles. The summed E-state index contributed by atoms with van der Waals surface area (Å²) in [5, 5.41) is 4.25. The van der Waals surface area contributed by atoms with Crippen LogP contribution < -0.4 is 4.90 Å². The van der Waals surface area contributed by atoms with E-state index in [1.165, 1.54) is 16.4 Å². The fraction of sp³-hybridized carbons (Fsp3) is 0.556. The molecular weight excluding hydrogens is 348 g/mol. The Morgan fingerprint density at radius 3 is 2.88 bits per heavy atom. The molecule has 0 radical (unpaired) electrons. The number of pyridine rings is 1. The van der Waals surface area contributed by atoms with Crippen molar-refractivity contribution >= 4 is 23.3 Å². The predicted octanol–water partition coefficient (Wildman–Crippen LogP) is 1.34. The van der Waals surface area contributed by atoms with Crippen molar-refractivity contribution in [1.29, 1.82) is 0 Å². The first-order valence-corrected chi connectivity index (χ1v) is 10.1. The lowest BCUT2D eigenvalue weighted by Gasteiger charge is -2.38. The molecule has 3 aliphatic rings. The Balaban J connectivity index is 1.21. The SMILES string of the molecule is O=C(CN1CCN(c2ccccn2)CC1)N1[C@@H]2CC[C@H]1c1snnc1C2. The number of piperazine rings is 1. The number of rotatable bonds is 3. The van der Waals surface area contributed by atoms with E-state index in [0.29, 0.717) is 12.6 Å². The van der Waals surface area contributed by atoms with E-state index in [1.54, 1.807) is 0 Å². The monoisotopic (exact) mass is 370 g/mol. The molecule has 0 saturated carbocycles. The molecule has 2 aromatic heterocycles. The summed E-state index contributed by atoms with van der Waals surface area (Å²) in [6.45, 7) is 4.16. The standard InChI is InChI=1S/C18H22N6OS/c25-17(24-13-4-5-15(24)18-14(11-13)20-21-26-18)12-22-7-9-23(10-8-22)16-3-1-2-6-19-16/h1-3,6,13,15H,4-5,7-12H2/t13-,15+/m1/s1. The van der Waals surface area contributed by atoms with Crippen LogP contribution in [-0.2, 0) is 11.2 Å². The van der Waals surface area contributed by atoms with Gasteiger partial charge in [-0.15, -0.1) is 5.10 Å². The summed E-state index contributed by atoms with van der Waals surface area (Å²) in [7, 11) is 0. The minimum atomic E-state index is 0.214. The molecule has 0 aliphatic carbocycles. The van der Waals surface area contributed by atoms with Gasteiger partial charge in [-0.25, -0.2) is 4.98 Å². The van der Waals surface area contributed by atoms with Crippen molar-refractivity contribution in [3.8, 4) is 0 Å². The smallest absolute Gasteiger partial charge is 0.237 e. The second-order valence-electron chi connectivity index (χ2n) is 7.29. The molecule has 8 heteroatoms. The summed E-state index contributed by atoms with van der Waals surface area (Å²) in [5.41, 5.74) is 1.12. The van der Waals surface area contributed by atoms with Crippen LogP contribution in [0.4, 0.5) is 5.82 Å². The maximum absolute atomic E-state index is 13.0. The third-order valence-electron chi connectivity index (χ3n) is 5.81. The molecule has 0 spiro atoms. The molecule has 2 saturated heterocycles. The number of hydrogen-bond acceptors (Lipinski definition) is 7. The first kappa shape index (κ1) is 16.1. The second kappa shape index (κ2) is 6.59. The van der Waals surface area contributed by atoms with Crippen LogP contribution in [0, 0.1) is 0 Å². The molecule has 3 aliphatic heterocycles. The van der Waals surface area contributed by atoms with E-state index in [-0.39, 0.29) is 11.9 Å². The minimum absolute atomic E-state index is 0.214. The number of carbonyl (C=O) groups excluding carboxylic acids is 1. The van der Waals surface area contributed by atoms with Crippen LogP contribution in [0.1, 0.15) is 29.5 Å². The van der Waals surface area contributed by atoms with Crippen LogP contribution >= 0.6 is 11.5 Å². The normalized spacial score (nSPS) is 25.4. The van der Waals surface area contributed by atoms with Gasteiger partial charge in [-0.3, -0.25) is 9.69 Å². The van der Waals surface area contributed by atoms with Gasteiger partial charge in [0, 0.05) is 44.8 Å². The zero-order valence-corrected chi connectivity index (χ0v) is 15.4. The Labute approximate surface area is 156 Å². The summed E-state index contributed by atoms with van der Waals surface area (Å²) in [6.07, 6.45) is 4.86. The lowest BCUT2D eigenvalue weighted by atomic mass is 10.1. The fourth-order valence-corrected chi connectivity index (χ4v) is 5.31. The minimum Gasteiger partial charge on any atom is -0.354 e. The van der Waals surface area contributed by atoms with Crippen molar-refractivity contribution in [2.75, 3.05) is 37.6 Å². The van der Waals surface area contributed by atoms with Gasteiger partial charge in [0.15, 0.2) is 0 Å². The molecule has 0 unspecified atom stereocenters. The molecule has 0 aromatic carbocycles. The van der Waals surface area contributed by atoms with Gasteiger partial charge in [-0.1, -0.05) is 10.6 Å². The third kappa shape index (κ3) is 2.77. The van der Waals surface area contributed by atoms with E-state index < -0.39 is 0 Å². The summed E-state index contributed by atoms with van der Waals surface area (Å²) >= 11 is 1.47. The zero-order valence-electron chi connectivity index (χ0n) is 14.6. The lowest BCUT2D eigenvalue weighted by Crippen LogP contribution is -2.52. The Bertz CT molecular complexity index is 788. The summed E-state index contributed by atoms with van der Waals surface area (Å²) in [5.74, 6) is 1.29. The highest BCUT2D eigenvalue weighted by Crippen LogP contribution is 2.44. The van der Waals surface area contributed by atoms with Crippen molar-refractivity contribution in [2.24, 2.45) is 0 Å². The summed E-state index contributed by atoms with van der Waals surface area (Å²) in [6, 6.07) is 6.54. The molecule has 2 fully saturated rings. The molecule has 1 amide bonds. The summed E-state index contributed by atoms with van der Waals surface area (Å²) < 4.78 is 4.10. The Morgan fingerprint density at radius 1 is 1.19 bits per heavy atom. The van der Waals surface area contributed by atoms with Crippen molar-refractivity contribution in [3.05, 3.63) is 35.0 Å². The summed E-state index contributed by atoms with van der Waals surface area (Å²) in [4.78, 5) is 25.4. The quantitative estimate of drug-likeness (QED) is 0.812. The highest BCUT2D eigenvalue weighted by atomic mass is 32.1. The molecule has 26 heavy (non-hydrogen) atoms. The molecule has 0 N–H and O–H groups in total. The van der Waals surface area contributed by atoms with Gasteiger partial charge in [0.05, 0.1) is 23.2 Å². The molecule has 5 rings (SSSR count). The van der Waals surface area contributed by atoms with Crippen molar-refractivity contribution < 1.29 is 4.79 Å². The highest BCUT2D eigenvalue weighted by molar-refractivity contribution is 7.05. The van der Waals surface area contributed by atoms with Gasteiger partial charge in [-0.2, -0.15) is 0 Å². The third-order valence-corrected chi connectivity index (χ3v) is 6.68. The van der Waals surface area contributed by atoms with Gasteiger partial charge in [0.25, 0.3) is 0 Å². The second-order valence-corrected chi connectivity index (χ2v) is 8.07. The molecular formula is C18H22N6OS. The molecule has 2 atom stereocenters. The van der Waals surface area contributed by atoms with Gasteiger partial charge in [0.1, 0.15) is 5.82 Å². The Kier molecular flexibility index (Phi) is 4.09. The molecule has 2 bridgehead atoms. The van der Waals surface area contributed by atoms with E-state index in [0.717, 1.165) is 57.0 Å². The topological polar surface area (TPSA) is 65.5 Å². The van der Waals surface area contributed by atoms with Crippen LogP contribution in [-0.4, -0.2) is 69.0 Å². The number of carbonyl (C=O) groups is 1. The van der Waals surface area contributed by atoms with Crippen molar-refractivity contribution in [3.63, 3.8) is 0 Å². The first-order valence-electron chi connectivity index (χ1n) is 9.30.